The Hall–Kier alpha value is -2.55. The SMILES string of the molecule is CN1C(=O)[C@H]2[C@@H](c3ccccc3)N(CCS(=O)(=O)c3ccccc3)O[C@H]2C1=O. The van der Waals surface area contributed by atoms with Crippen LogP contribution in [0.25, 0.3) is 0 Å². The van der Waals surface area contributed by atoms with E-state index in [1.807, 2.05) is 30.3 Å². The van der Waals surface area contributed by atoms with Gasteiger partial charge in [-0.1, -0.05) is 48.5 Å². The van der Waals surface area contributed by atoms with Crippen LogP contribution in [-0.2, 0) is 24.3 Å². The van der Waals surface area contributed by atoms with Gasteiger partial charge in [-0.25, -0.2) is 8.42 Å². The normalized spacial score (nSPS) is 25.3. The van der Waals surface area contributed by atoms with Gasteiger partial charge in [-0.2, -0.15) is 5.06 Å². The number of hydrogen-bond donors (Lipinski definition) is 0. The molecule has 2 aliphatic rings. The number of nitrogens with zero attached hydrogens (tertiary/aromatic N) is 2. The van der Waals surface area contributed by atoms with E-state index >= 15 is 0 Å². The first-order chi connectivity index (χ1) is 13.4. The summed E-state index contributed by atoms with van der Waals surface area (Å²) in [4.78, 5) is 32.1. The first-order valence-corrected chi connectivity index (χ1v) is 10.6. The van der Waals surface area contributed by atoms with Crippen molar-refractivity contribution in [3.05, 3.63) is 66.2 Å². The lowest BCUT2D eigenvalue weighted by Crippen LogP contribution is -2.36. The highest BCUT2D eigenvalue weighted by Gasteiger charge is 2.58. The van der Waals surface area contributed by atoms with Crippen LogP contribution in [0, 0.1) is 5.92 Å². The van der Waals surface area contributed by atoms with Gasteiger partial charge in [-0.05, 0) is 17.7 Å². The molecule has 3 atom stereocenters. The first-order valence-electron chi connectivity index (χ1n) is 8.98. The molecule has 4 rings (SSSR count). The topological polar surface area (TPSA) is 84.0 Å². The number of hydroxylamine groups is 2. The maximum absolute atomic E-state index is 12.6. The predicted octanol–water partition coefficient (Wildman–Crippen LogP) is 1.43. The van der Waals surface area contributed by atoms with Gasteiger partial charge in [0.1, 0.15) is 0 Å². The molecular weight excluding hydrogens is 380 g/mol. The molecule has 2 fully saturated rings. The van der Waals surface area contributed by atoms with E-state index in [-0.39, 0.29) is 23.1 Å². The minimum Gasteiger partial charge on any atom is -0.284 e. The smallest absolute Gasteiger partial charge is 0.261 e. The molecule has 0 radical (unpaired) electrons. The second-order valence-corrected chi connectivity index (χ2v) is 9.02. The van der Waals surface area contributed by atoms with Crippen molar-refractivity contribution in [1.29, 1.82) is 0 Å². The zero-order chi connectivity index (χ0) is 19.9. The third-order valence-electron chi connectivity index (χ3n) is 5.24. The Kier molecular flexibility index (Phi) is 4.78. The number of benzene rings is 2. The fourth-order valence-corrected chi connectivity index (χ4v) is 5.01. The molecule has 0 aromatic heterocycles. The highest BCUT2D eigenvalue weighted by atomic mass is 32.2. The number of likely N-dealkylation sites (tertiary alicyclic amines) is 1. The van der Waals surface area contributed by atoms with Crippen LogP contribution < -0.4 is 0 Å². The molecule has 2 amide bonds. The molecule has 2 aliphatic heterocycles. The van der Waals surface area contributed by atoms with Gasteiger partial charge >= 0.3 is 0 Å². The summed E-state index contributed by atoms with van der Waals surface area (Å²) in [6.45, 7) is 0.0497. The van der Waals surface area contributed by atoms with Crippen molar-refractivity contribution in [3.8, 4) is 0 Å². The van der Waals surface area contributed by atoms with E-state index in [2.05, 4.69) is 0 Å². The number of fused-ring (bicyclic) bond motifs is 1. The number of amides is 2. The molecule has 0 N–H and O–H groups in total. The Balaban J connectivity index is 1.61. The van der Waals surface area contributed by atoms with Gasteiger partial charge in [0.25, 0.3) is 5.91 Å². The van der Waals surface area contributed by atoms with Crippen LogP contribution >= 0.6 is 0 Å². The van der Waals surface area contributed by atoms with Crippen LogP contribution in [0.5, 0.6) is 0 Å². The number of hydrogen-bond acceptors (Lipinski definition) is 6. The Labute approximate surface area is 163 Å². The lowest BCUT2D eigenvalue weighted by molar-refractivity contribution is -0.176. The van der Waals surface area contributed by atoms with E-state index in [0.29, 0.717) is 0 Å². The third kappa shape index (κ3) is 3.13. The van der Waals surface area contributed by atoms with Crippen molar-refractivity contribution >= 4 is 21.7 Å². The molecule has 0 aliphatic carbocycles. The molecule has 146 valence electrons. The van der Waals surface area contributed by atoms with Crippen molar-refractivity contribution in [2.24, 2.45) is 5.92 Å². The summed E-state index contributed by atoms with van der Waals surface area (Å²) >= 11 is 0. The van der Waals surface area contributed by atoms with E-state index < -0.39 is 33.8 Å². The van der Waals surface area contributed by atoms with Gasteiger partial charge in [0.15, 0.2) is 15.9 Å². The Bertz CT molecular complexity index is 994. The molecule has 2 heterocycles. The fraction of sp³-hybridized carbons (Fsp3) is 0.300. The van der Waals surface area contributed by atoms with Crippen LogP contribution in [0.15, 0.2) is 65.6 Å². The van der Waals surface area contributed by atoms with Crippen LogP contribution in [0.4, 0.5) is 0 Å². The molecule has 7 nitrogen and oxygen atoms in total. The first kappa shape index (κ1) is 18.8. The molecule has 8 heteroatoms. The standard InChI is InChI=1S/C20H20N2O5S/c1-21-19(23)16-17(14-8-4-2-5-9-14)22(27-18(16)20(21)24)12-13-28(25,26)15-10-6-3-7-11-15/h2-11,16-18H,12-13H2,1H3/t16-,17+,18+/m0/s1. The molecule has 0 spiro atoms. The lowest BCUT2D eigenvalue weighted by atomic mass is 9.91. The third-order valence-corrected chi connectivity index (χ3v) is 6.95. The Morgan fingerprint density at radius 3 is 2.18 bits per heavy atom. The fourth-order valence-electron chi connectivity index (χ4n) is 3.78. The van der Waals surface area contributed by atoms with E-state index in [9.17, 15) is 18.0 Å². The van der Waals surface area contributed by atoms with E-state index in [1.54, 1.807) is 30.3 Å². The summed E-state index contributed by atoms with van der Waals surface area (Å²) in [5, 5.41) is 1.48. The Morgan fingerprint density at radius 1 is 0.929 bits per heavy atom. The van der Waals surface area contributed by atoms with E-state index in [0.717, 1.165) is 10.5 Å². The molecule has 2 aromatic rings. The summed E-state index contributed by atoms with van der Waals surface area (Å²) in [5.41, 5.74) is 0.809. The monoisotopic (exact) mass is 400 g/mol. The number of likely N-dealkylation sites (N-methyl/N-ethyl adjacent to an activating group) is 1. The number of imide groups is 1. The molecular formula is C20H20N2O5S. The van der Waals surface area contributed by atoms with Crippen molar-refractivity contribution in [2.45, 2.75) is 17.0 Å². The summed E-state index contributed by atoms with van der Waals surface area (Å²) in [7, 11) is -2.07. The highest BCUT2D eigenvalue weighted by Crippen LogP contribution is 2.44. The van der Waals surface area contributed by atoms with Crippen molar-refractivity contribution < 1.29 is 22.8 Å². The van der Waals surface area contributed by atoms with Crippen LogP contribution in [-0.4, -0.2) is 55.6 Å². The van der Waals surface area contributed by atoms with Gasteiger partial charge < -0.3 is 0 Å². The maximum atomic E-state index is 12.6. The molecule has 0 bridgehead atoms. The summed E-state index contributed by atoms with van der Waals surface area (Å²) in [6, 6.07) is 16.9. The molecule has 2 saturated heterocycles. The molecule has 28 heavy (non-hydrogen) atoms. The highest BCUT2D eigenvalue weighted by molar-refractivity contribution is 7.91. The minimum atomic E-state index is -3.52. The molecule has 0 unspecified atom stereocenters. The Morgan fingerprint density at radius 2 is 1.54 bits per heavy atom. The van der Waals surface area contributed by atoms with Crippen molar-refractivity contribution in [1.82, 2.24) is 9.96 Å². The van der Waals surface area contributed by atoms with Crippen LogP contribution in [0.3, 0.4) is 0 Å². The lowest BCUT2D eigenvalue weighted by Gasteiger charge is -2.26. The van der Waals surface area contributed by atoms with Gasteiger partial charge in [-0.3, -0.25) is 19.3 Å². The zero-order valence-electron chi connectivity index (χ0n) is 15.3. The minimum absolute atomic E-state index is 0.0497. The number of sulfone groups is 1. The van der Waals surface area contributed by atoms with Crippen molar-refractivity contribution in [2.75, 3.05) is 19.3 Å². The van der Waals surface area contributed by atoms with Crippen molar-refractivity contribution in [3.63, 3.8) is 0 Å². The zero-order valence-corrected chi connectivity index (χ0v) is 16.1. The van der Waals surface area contributed by atoms with Gasteiger partial charge in [0, 0.05) is 13.6 Å². The van der Waals surface area contributed by atoms with Gasteiger partial charge in [0.2, 0.25) is 5.91 Å². The van der Waals surface area contributed by atoms with E-state index in [1.165, 1.54) is 12.1 Å². The maximum Gasteiger partial charge on any atom is 0.261 e. The van der Waals surface area contributed by atoms with E-state index in [4.69, 9.17) is 4.84 Å². The molecule has 2 aromatic carbocycles. The van der Waals surface area contributed by atoms with Gasteiger partial charge in [-0.15, -0.1) is 0 Å². The molecule has 0 saturated carbocycles. The number of rotatable bonds is 5. The second-order valence-electron chi connectivity index (χ2n) is 6.92. The van der Waals surface area contributed by atoms with Crippen LogP contribution in [0.2, 0.25) is 0 Å². The number of carbonyl (C=O) groups is 2. The summed E-state index contributed by atoms with van der Waals surface area (Å²) < 4.78 is 25.3. The number of carbonyl (C=O) groups excluding carboxylic acids is 2. The predicted molar refractivity (Wildman–Crippen MR) is 101 cm³/mol. The summed E-state index contributed by atoms with van der Waals surface area (Å²) in [6.07, 6.45) is -0.915. The van der Waals surface area contributed by atoms with Crippen LogP contribution in [0.1, 0.15) is 11.6 Å². The van der Waals surface area contributed by atoms with Gasteiger partial charge in [0.05, 0.1) is 22.6 Å². The average Bonchev–Trinajstić information content (AvgIpc) is 3.19. The summed E-state index contributed by atoms with van der Waals surface area (Å²) in [5.74, 6) is -1.57. The quantitative estimate of drug-likeness (QED) is 0.706. The largest absolute Gasteiger partial charge is 0.284 e. The second kappa shape index (κ2) is 7.12. The average molecular weight is 400 g/mol.